The van der Waals surface area contributed by atoms with Gasteiger partial charge in [0, 0.05) is 42.8 Å². The fourth-order valence-corrected chi connectivity index (χ4v) is 4.67. The summed E-state index contributed by atoms with van der Waals surface area (Å²) in [5.74, 6) is -0.0561. The third-order valence-corrected chi connectivity index (χ3v) is 6.17. The highest BCUT2D eigenvalue weighted by atomic mass is 32.1. The first kappa shape index (κ1) is 16.5. The molecule has 1 saturated heterocycles. The van der Waals surface area contributed by atoms with Gasteiger partial charge in [0.1, 0.15) is 5.82 Å². The molecular weight excluding hydrogens is 337 g/mol. The van der Waals surface area contributed by atoms with E-state index in [-0.39, 0.29) is 11.7 Å². The number of nitrogens with one attached hydrogen (secondary N) is 2. The standard InChI is InChI=1S/C19H22FN3OS/c20-14-1-3-15(4-2-14)22-16-6-9-23(10-7-16)19(24)18-11-13-12-21-8-5-17(13)25-18/h1-4,11,16,21-22H,5-10,12H2. The first-order valence-corrected chi connectivity index (χ1v) is 9.64. The molecule has 2 aliphatic rings. The number of nitrogens with zero attached hydrogens (tertiary/aromatic N) is 1. The summed E-state index contributed by atoms with van der Waals surface area (Å²) in [5.41, 5.74) is 2.22. The zero-order valence-corrected chi connectivity index (χ0v) is 14.9. The fraction of sp³-hybridized carbons (Fsp3) is 0.421. The molecule has 2 N–H and O–H groups in total. The second-order valence-electron chi connectivity index (χ2n) is 6.70. The summed E-state index contributed by atoms with van der Waals surface area (Å²) in [7, 11) is 0. The van der Waals surface area contributed by atoms with Crippen molar-refractivity contribution in [3.8, 4) is 0 Å². The van der Waals surface area contributed by atoms with Crippen LogP contribution in [0.15, 0.2) is 30.3 Å². The summed E-state index contributed by atoms with van der Waals surface area (Å²) in [5, 5.41) is 6.79. The minimum atomic E-state index is -0.222. The number of amides is 1. The predicted molar refractivity (Wildman–Crippen MR) is 98.7 cm³/mol. The average molecular weight is 359 g/mol. The monoisotopic (exact) mass is 359 g/mol. The zero-order chi connectivity index (χ0) is 17.2. The van der Waals surface area contributed by atoms with Gasteiger partial charge in [0.05, 0.1) is 4.88 Å². The number of anilines is 1. The fourth-order valence-electron chi connectivity index (χ4n) is 3.52. The number of hydrogen-bond donors (Lipinski definition) is 2. The molecule has 1 aromatic heterocycles. The van der Waals surface area contributed by atoms with Gasteiger partial charge in [0.15, 0.2) is 0 Å². The molecule has 0 unspecified atom stereocenters. The lowest BCUT2D eigenvalue weighted by atomic mass is 10.0. The molecular formula is C19H22FN3OS. The number of benzene rings is 1. The molecule has 4 nitrogen and oxygen atoms in total. The van der Waals surface area contributed by atoms with Crippen LogP contribution in [0.5, 0.6) is 0 Å². The van der Waals surface area contributed by atoms with Crippen molar-refractivity contribution in [2.24, 2.45) is 0 Å². The van der Waals surface area contributed by atoms with Gasteiger partial charge in [-0.1, -0.05) is 0 Å². The lowest BCUT2D eigenvalue weighted by Crippen LogP contribution is -2.42. The summed E-state index contributed by atoms with van der Waals surface area (Å²) in [6.45, 7) is 3.40. The van der Waals surface area contributed by atoms with Gasteiger partial charge in [0.25, 0.3) is 5.91 Å². The van der Waals surface area contributed by atoms with Gasteiger partial charge in [-0.3, -0.25) is 4.79 Å². The van der Waals surface area contributed by atoms with Crippen molar-refractivity contribution in [1.29, 1.82) is 0 Å². The second-order valence-corrected chi connectivity index (χ2v) is 7.84. The van der Waals surface area contributed by atoms with Crippen molar-refractivity contribution >= 4 is 22.9 Å². The number of rotatable bonds is 3. The van der Waals surface area contributed by atoms with E-state index >= 15 is 0 Å². The quantitative estimate of drug-likeness (QED) is 0.884. The van der Waals surface area contributed by atoms with E-state index in [0.717, 1.165) is 56.0 Å². The van der Waals surface area contributed by atoms with Crippen molar-refractivity contribution in [3.05, 3.63) is 51.5 Å². The van der Waals surface area contributed by atoms with Gasteiger partial charge in [-0.2, -0.15) is 0 Å². The molecule has 1 amide bonds. The maximum Gasteiger partial charge on any atom is 0.263 e. The van der Waals surface area contributed by atoms with Crippen LogP contribution in [0.4, 0.5) is 10.1 Å². The number of likely N-dealkylation sites (tertiary alicyclic amines) is 1. The summed E-state index contributed by atoms with van der Waals surface area (Å²) in [4.78, 5) is 17.0. The molecule has 0 saturated carbocycles. The molecule has 3 heterocycles. The van der Waals surface area contributed by atoms with Crippen LogP contribution in [0.3, 0.4) is 0 Å². The Hall–Kier alpha value is -1.92. The Morgan fingerprint density at radius 3 is 2.72 bits per heavy atom. The largest absolute Gasteiger partial charge is 0.382 e. The molecule has 132 valence electrons. The molecule has 4 rings (SSSR count). The van der Waals surface area contributed by atoms with Crippen molar-refractivity contribution in [1.82, 2.24) is 10.2 Å². The van der Waals surface area contributed by atoms with E-state index in [1.165, 1.54) is 22.6 Å². The van der Waals surface area contributed by atoms with Gasteiger partial charge >= 0.3 is 0 Å². The maximum absolute atomic E-state index is 13.0. The van der Waals surface area contributed by atoms with Crippen LogP contribution in [-0.2, 0) is 13.0 Å². The van der Waals surface area contributed by atoms with Gasteiger partial charge in [-0.05, 0) is 55.2 Å². The van der Waals surface area contributed by atoms with Crippen molar-refractivity contribution < 1.29 is 9.18 Å². The van der Waals surface area contributed by atoms with E-state index in [2.05, 4.69) is 16.7 Å². The Morgan fingerprint density at radius 1 is 1.24 bits per heavy atom. The van der Waals surface area contributed by atoms with Crippen LogP contribution in [0.2, 0.25) is 0 Å². The third-order valence-electron chi connectivity index (χ3n) is 4.95. The number of carbonyl (C=O) groups is 1. The lowest BCUT2D eigenvalue weighted by Gasteiger charge is -2.32. The van der Waals surface area contributed by atoms with Crippen molar-refractivity contribution in [2.75, 3.05) is 25.0 Å². The summed E-state index contributed by atoms with van der Waals surface area (Å²) >= 11 is 1.66. The van der Waals surface area contributed by atoms with E-state index in [1.54, 1.807) is 23.5 Å². The highest BCUT2D eigenvalue weighted by molar-refractivity contribution is 7.14. The van der Waals surface area contributed by atoms with Gasteiger partial charge in [-0.25, -0.2) is 4.39 Å². The van der Waals surface area contributed by atoms with Crippen LogP contribution < -0.4 is 10.6 Å². The lowest BCUT2D eigenvalue weighted by molar-refractivity contribution is 0.0723. The first-order valence-electron chi connectivity index (χ1n) is 8.83. The minimum absolute atomic E-state index is 0.166. The zero-order valence-electron chi connectivity index (χ0n) is 14.1. The Bertz CT molecular complexity index is 727. The molecule has 25 heavy (non-hydrogen) atoms. The van der Waals surface area contributed by atoms with Gasteiger partial charge < -0.3 is 15.5 Å². The first-order chi connectivity index (χ1) is 12.2. The highest BCUT2D eigenvalue weighted by Gasteiger charge is 2.26. The average Bonchev–Trinajstić information content (AvgIpc) is 3.08. The molecule has 0 radical (unpaired) electrons. The van der Waals surface area contributed by atoms with Crippen molar-refractivity contribution in [3.63, 3.8) is 0 Å². The molecule has 2 aromatic rings. The highest BCUT2D eigenvalue weighted by Crippen LogP contribution is 2.27. The van der Waals surface area contributed by atoms with Crippen molar-refractivity contribution in [2.45, 2.75) is 31.8 Å². The van der Waals surface area contributed by atoms with Crippen LogP contribution in [0.25, 0.3) is 0 Å². The number of piperidine rings is 1. The van der Waals surface area contributed by atoms with E-state index in [4.69, 9.17) is 0 Å². The Balaban J connectivity index is 1.34. The Morgan fingerprint density at radius 2 is 2.00 bits per heavy atom. The Labute approximate surface area is 151 Å². The number of fused-ring (bicyclic) bond motifs is 1. The van der Waals surface area contributed by atoms with E-state index in [1.807, 2.05) is 4.90 Å². The third kappa shape index (κ3) is 3.70. The summed E-state index contributed by atoms with van der Waals surface area (Å²) in [6, 6.07) is 8.85. The van der Waals surface area contributed by atoms with Crippen LogP contribution >= 0.6 is 11.3 Å². The maximum atomic E-state index is 13.0. The van der Waals surface area contributed by atoms with E-state index < -0.39 is 0 Å². The number of thiophene rings is 1. The molecule has 2 aliphatic heterocycles. The van der Waals surface area contributed by atoms with Gasteiger partial charge in [-0.15, -0.1) is 11.3 Å². The molecule has 6 heteroatoms. The molecule has 1 fully saturated rings. The molecule has 0 atom stereocenters. The SMILES string of the molecule is O=C(c1cc2c(s1)CCNC2)N1CCC(Nc2ccc(F)cc2)CC1. The topological polar surface area (TPSA) is 44.4 Å². The number of hydrogen-bond acceptors (Lipinski definition) is 4. The Kier molecular flexibility index (Phi) is 4.72. The normalized spacial score (nSPS) is 18.0. The summed E-state index contributed by atoms with van der Waals surface area (Å²) in [6.07, 6.45) is 2.85. The molecule has 0 bridgehead atoms. The van der Waals surface area contributed by atoms with Crippen LogP contribution in [0, 0.1) is 5.82 Å². The van der Waals surface area contributed by atoms with E-state index in [9.17, 15) is 9.18 Å². The number of halogens is 1. The minimum Gasteiger partial charge on any atom is -0.382 e. The summed E-state index contributed by atoms with van der Waals surface area (Å²) < 4.78 is 13.0. The van der Waals surface area contributed by atoms with Crippen LogP contribution in [-0.4, -0.2) is 36.5 Å². The molecule has 0 aliphatic carbocycles. The smallest absolute Gasteiger partial charge is 0.263 e. The predicted octanol–water partition coefficient (Wildman–Crippen LogP) is 3.25. The van der Waals surface area contributed by atoms with Crippen LogP contribution in [0.1, 0.15) is 33.0 Å². The molecule has 1 aromatic carbocycles. The van der Waals surface area contributed by atoms with E-state index in [0.29, 0.717) is 6.04 Å². The number of carbonyl (C=O) groups excluding carboxylic acids is 1. The second kappa shape index (κ2) is 7.14. The van der Waals surface area contributed by atoms with Gasteiger partial charge in [0.2, 0.25) is 0 Å². The molecule has 0 spiro atoms.